The molecule has 0 N–H and O–H groups in total. The first-order valence-corrected chi connectivity index (χ1v) is 8.23. The Morgan fingerprint density at radius 3 is 2.41 bits per heavy atom. The normalized spacial score (nSPS) is 20.2. The van der Waals surface area contributed by atoms with Crippen molar-refractivity contribution in [1.82, 2.24) is 9.80 Å². The van der Waals surface area contributed by atoms with E-state index in [1.807, 2.05) is 23.1 Å². The zero-order valence-corrected chi connectivity index (χ0v) is 13.3. The van der Waals surface area contributed by atoms with Crippen LogP contribution in [0.5, 0.6) is 0 Å². The molecule has 1 aromatic rings. The molecular weight excluding hydrogens is 278 g/mol. The van der Waals surface area contributed by atoms with E-state index in [0.717, 1.165) is 70.3 Å². The molecule has 0 radical (unpaired) electrons. The summed E-state index contributed by atoms with van der Waals surface area (Å²) in [6.07, 6.45) is 0. The zero-order chi connectivity index (χ0) is 15.4. The minimum absolute atomic E-state index is 0.165. The van der Waals surface area contributed by atoms with E-state index >= 15 is 0 Å². The number of nitrogens with zero attached hydrogens (tertiary/aromatic N) is 3. The topological polar surface area (TPSA) is 36.0 Å². The summed E-state index contributed by atoms with van der Waals surface area (Å²) >= 11 is 0. The average molecular weight is 303 g/mol. The number of para-hydroxylation sites is 1. The van der Waals surface area contributed by atoms with Crippen molar-refractivity contribution in [2.75, 3.05) is 63.9 Å². The van der Waals surface area contributed by atoms with Crippen LogP contribution in [0.1, 0.15) is 17.3 Å². The van der Waals surface area contributed by atoms with Crippen molar-refractivity contribution in [2.24, 2.45) is 0 Å². The van der Waals surface area contributed by atoms with Crippen LogP contribution < -0.4 is 4.90 Å². The van der Waals surface area contributed by atoms with Crippen LogP contribution in [0.15, 0.2) is 24.3 Å². The van der Waals surface area contributed by atoms with Gasteiger partial charge < -0.3 is 19.4 Å². The molecule has 5 heteroatoms. The lowest BCUT2D eigenvalue weighted by atomic mass is 10.1. The van der Waals surface area contributed by atoms with Gasteiger partial charge in [0.05, 0.1) is 18.8 Å². The predicted molar refractivity (Wildman–Crippen MR) is 87.5 cm³/mol. The SMILES string of the molecule is CCN1CCN(C(=O)c2ccccc2N2CCOCC2)CC1. The number of rotatable bonds is 3. The van der Waals surface area contributed by atoms with Crippen LogP contribution >= 0.6 is 0 Å². The molecule has 0 bridgehead atoms. The lowest BCUT2D eigenvalue weighted by Crippen LogP contribution is -2.48. The number of amides is 1. The summed E-state index contributed by atoms with van der Waals surface area (Å²) in [4.78, 5) is 19.5. The number of carbonyl (C=O) groups excluding carboxylic acids is 1. The number of likely N-dealkylation sites (N-methyl/N-ethyl adjacent to an activating group) is 1. The quantitative estimate of drug-likeness (QED) is 0.843. The lowest BCUT2D eigenvalue weighted by molar-refractivity contribution is 0.0643. The van der Waals surface area contributed by atoms with Crippen LogP contribution in [0.4, 0.5) is 5.69 Å². The average Bonchev–Trinajstić information content (AvgIpc) is 2.62. The molecule has 0 saturated carbocycles. The van der Waals surface area contributed by atoms with Crippen LogP contribution in [0.25, 0.3) is 0 Å². The highest BCUT2D eigenvalue weighted by Crippen LogP contribution is 2.23. The van der Waals surface area contributed by atoms with E-state index in [2.05, 4.69) is 22.8 Å². The first-order valence-electron chi connectivity index (χ1n) is 8.23. The molecule has 120 valence electrons. The van der Waals surface area contributed by atoms with Crippen molar-refractivity contribution in [3.63, 3.8) is 0 Å². The third kappa shape index (κ3) is 3.25. The Kier molecular flexibility index (Phi) is 4.95. The summed E-state index contributed by atoms with van der Waals surface area (Å²) in [6, 6.07) is 7.98. The summed E-state index contributed by atoms with van der Waals surface area (Å²) in [5, 5.41) is 0. The fraction of sp³-hybridized carbons (Fsp3) is 0.588. The van der Waals surface area contributed by atoms with Gasteiger partial charge in [0, 0.05) is 45.0 Å². The predicted octanol–water partition coefficient (Wildman–Crippen LogP) is 1.30. The van der Waals surface area contributed by atoms with Crippen LogP contribution in [0.2, 0.25) is 0 Å². The minimum atomic E-state index is 0.165. The number of carbonyl (C=O) groups is 1. The van der Waals surface area contributed by atoms with Crippen molar-refractivity contribution in [3.05, 3.63) is 29.8 Å². The van der Waals surface area contributed by atoms with E-state index in [1.165, 1.54) is 0 Å². The van der Waals surface area contributed by atoms with Crippen molar-refractivity contribution in [1.29, 1.82) is 0 Å². The van der Waals surface area contributed by atoms with E-state index in [0.29, 0.717) is 0 Å². The molecule has 0 aliphatic carbocycles. The molecule has 1 aromatic carbocycles. The van der Waals surface area contributed by atoms with Crippen LogP contribution in [0.3, 0.4) is 0 Å². The minimum Gasteiger partial charge on any atom is -0.378 e. The third-order valence-corrected chi connectivity index (χ3v) is 4.59. The van der Waals surface area contributed by atoms with Gasteiger partial charge in [-0.1, -0.05) is 19.1 Å². The molecule has 0 spiro atoms. The van der Waals surface area contributed by atoms with Crippen LogP contribution in [0, 0.1) is 0 Å². The number of benzene rings is 1. The summed E-state index contributed by atoms with van der Waals surface area (Å²) < 4.78 is 5.42. The van der Waals surface area contributed by atoms with Gasteiger partial charge in [-0.2, -0.15) is 0 Å². The van der Waals surface area contributed by atoms with Crippen molar-refractivity contribution in [3.8, 4) is 0 Å². The summed E-state index contributed by atoms with van der Waals surface area (Å²) in [5.74, 6) is 0.165. The fourth-order valence-electron chi connectivity index (χ4n) is 3.17. The Balaban J connectivity index is 1.75. The van der Waals surface area contributed by atoms with Gasteiger partial charge in [0.15, 0.2) is 0 Å². The molecule has 2 heterocycles. The molecule has 0 atom stereocenters. The number of hydrogen-bond acceptors (Lipinski definition) is 4. The number of anilines is 1. The first-order chi connectivity index (χ1) is 10.8. The van der Waals surface area contributed by atoms with Gasteiger partial charge in [0.2, 0.25) is 0 Å². The van der Waals surface area contributed by atoms with Gasteiger partial charge in [-0.05, 0) is 18.7 Å². The van der Waals surface area contributed by atoms with Crippen molar-refractivity contribution < 1.29 is 9.53 Å². The second-order valence-electron chi connectivity index (χ2n) is 5.84. The molecule has 2 aliphatic heterocycles. The van der Waals surface area contributed by atoms with E-state index in [4.69, 9.17) is 4.74 Å². The van der Waals surface area contributed by atoms with Crippen LogP contribution in [-0.2, 0) is 4.74 Å². The molecule has 0 aromatic heterocycles. The lowest BCUT2D eigenvalue weighted by Gasteiger charge is -2.35. The second kappa shape index (κ2) is 7.11. The number of hydrogen-bond donors (Lipinski definition) is 0. The maximum absolute atomic E-state index is 12.9. The first kappa shape index (κ1) is 15.3. The van der Waals surface area contributed by atoms with Crippen LogP contribution in [-0.4, -0.2) is 74.7 Å². The van der Waals surface area contributed by atoms with Gasteiger partial charge in [-0.25, -0.2) is 0 Å². The summed E-state index contributed by atoms with van der Waals surface area (Å²) in [6.45, 7) is 10.0. The Morgan fingerprint density at radius 2 is 1.73 bits per heavy atom. The fourth-order valence-corrected chi connectivity index (χ4v) is 3.17. The Morgan fingerprint density at radius 1 is 1.05 bits per heavy atom. The molecular formula is C17H25N3O2. The monoisotopic (exact) mass is 303 g/mol. The number of morpholine rings is 1. The molecule has 2 aliphatic rings. The van der Waals surface area contributed by atoms with Gasteiger partial charge in [-0.3, -0.25) is 4.79 Å². The number of ether oxygens (including phenoxy) is 1. The second-order valence-corrected chi connectivity index (χ2v) is 5.84. The highest BCUT2D eigenvalue weighted by molar-refractivity contribution is 6.00. The Bertz CT molecular complexity index is 506. The zero-order valence-electron chi connectivity index (χ0n) is 13.3. The standard InChI is InChI=1S/C17H25N3O2/c1-2-18-7-9-20(10-8-18)17(21)15-5-3-4-6-16(15)19-11-13-22-14-12-19/h3-6H,2,7-14H2,1H3. The van der Waals surface area contributed by atoms with Gasteiger partial charge in [0.25, 0.3) is 5.91 Å². The summed E-state index contributed by atoms with van der Waals surface area (Å²) in [7, 11) is 0. The molecule has 1 amide bonds. The van der Waals surface area contributed by atoms with Crippen molar-refractivity contribution >= 4 is 11.6 Å². The van der Waals surface area contributed by atoms with Gasteiger partial charge in [0.1, 0.15) is 0 Å². The molecule has 2 fully saturated rings. The van der Waals surface area contributed by atoms with E-state index in [9.17, 15) is 4.79 Å². The molecule has 0 unspecified atom stereocenters. The van der Waals surface area contributed by atoms with E-state index in [1.54, 1.807) is 0 Å². The van der Waals surface area contributed by atoms with E-state index in [-0.39, 0.29) is 5.91 Å². The van der Waals surface area contributed by atoms with Crippen molar-refractivity contribution in [2.45, 2.75) is 6.92 Å². The molecule has 3 rings (SSSR count). The highest BCUT2D eigenvalue weighted by Gasteiger charge is 2.25. The Labute approximate surface area is 132 Å². The molecule has 5 nitrogen and oxygen atoms in total. The van der Waals surface area contributed by atoms with Gasteiger partial charge in [-0.15, -0.1) is 0 Å². The summed E-state index contributed by atoms with van der Waals surface area (Å²) in [5.41, 5.74) is 1.88. The smallest absolute Gasteiger partial charge is 0.256 e. The molecule has 2 saturated heterocycles. The maximum atomic E-state index is 12.9. The van der Waals surface area contributed by atoms with E-state index < -0.39 is 0 Å². The maximum Gasteiger partial charge on any atom is 0.256 e. The third-order valence-electron chi connectivity index (χ3n) is 4.59. The number of piperazine rings is 1. The molecule has 22 heavy (non-hydrogen) atoms. The largest absolute Gasteiger partial charge is 0.378 e. The Hall–Kier alpha value is -1.59. The van der Waals surface area contributed by atoms with Gasteiger partial charge >= 0.3 is 0 Å². The highest BCUT2D eigenvalue weighted by atomic mass is 16.5.